The van der Waals surface area contributed by atoms with Gasteiger partial charge in [0, 0.05) is 15.9 Å². The first-order valence-electron chi connectivity index (χ1n) is 14.2. The van der Waals surface area contributed by atoms with Gasteiger partial charge in [0.1, 0.15) is 11.8 Å². The Balaban J connectivity index is 1.37. The number of phenolic OH excluding ortho intramolecular Hbond substituents is 1. The molecule has 0 bridgehead atoms. The molecule has 42 heavy (non-hydrogen) atoms. The number of nitrogens with zero attached hydrogens (tertiary/aromatic N) is 1. The van der Waals surface area contributed by atoms with Crippen molar-refractivity contribution in [2.24, 2.45) is 0 Å². The maximum absolute atomic E-state index is 13.9. The predicted octanol–water partition coefficient (Wildman–Crippen LogP) is 3.89. The smallest absolute Gasteiger partial charge is 0.254 e. The van der Waals surface area contributed by atoms with Gasteiger partial charge >= 0.3 is 0 Å². The zero-order chi connectivity index (χ0) is 30.0. The van der Waals surface area contributed by atoms with Crippen LogP contribution in [0, 0.1) is 6.92 Å². The molecule has 3 amide bonds. The van der Waals surface area contributed by atoms with Crippen molar-refractivity contribution in [1.82, 2.24) is 15.5 Å². The Hall–Kier alpha value is -3.82. The third-order valence-corrected chi connectivity index (χ3v) is 9.70. The summed E-state index contributed by atoms with van der Waals surface area (Å²) in [5.41, 5.74) is 3.79. The van der Waals surface area contributed by atoms with Crippen LogP contribution >= 0.6 is 11.8 Å². The second-order valence-electron chi connectivity index (χ2n) is 11.6. The third kappa shape index (κ3) is 6.03. The molecule has 3 aromatic rings. The fraction of sp³-hybridized carbons (Fsp3) is 0.364. The first-order valence-corrected chi connectivity index (χ1v) is 15.2. The first kappa shape index (κ1) is 29.7. The molecule has 0 spiro atoms. The molecular formula is C33H37N3O5S. The average Bonchev–Trinajstić information content (AvgIpc) is 3.53. The van der Waals surface area contributed by atoms with Crippen LogP contribution in [0.25, 0.3) is 0 Å². The Morgan fingerprint density at radius 3 is 2.50 bits per heavy atom. The van der Waals surface area contributed by atoms with Crippen molar-refractivity contribution in [1.29, 1.82) is 0 Å². The Morgan fingerprint density at radius 1 is 1.02 bits per heavy atom. The summed E-state index contributed by atoms with van der Waals surface area (Å²) in [6.45, 7) is 5.49. The van der Waals surface area contributed by atoms with E-state index in [2.05, 4.69) is 16.7 Å². The summed E-state index contributed by atoms with van der Waals surface area (Å²) in [5.74, 6) is -1.17. The van der Waals surface area contributed by atoms with E-state index in [1.807, 2.05) is 62.4 Å². The molecule has 0 unspecified atom stereocenters. The number of nitrogens with one attached hydrogen (secondary N) is 2. The van der Waals surface area contributed by atoms with Gasteiger partial charge in [0.05, 0.1) is 18.0 Å². The van der Waals surface area contributed by atoms with E-state index in [-0.39, 0.29) is 35.6 Å². The highest BCUT2D eigenvalue weighted by atomic mass is 32.2. The molecule has 4 atom stereocenters. The molecule has 5 rings (SSSR count). The number of benzene rings is 3. The van der Waals surface area contributed by atoms with E-state index >= 15 is 0 Å². The molecule has 4 N–H and O–H groups in total. The topological polar surface area (TPSA) is 119 Å². The molecular weight excluding hydrogens is 550 g/mol. The number of aliphatic hydroxyl groups excluding tert-OH is 1. The van der Waals surface area contributed by atoms with E-state index in [1.54, 1.807) is 19.1 Å². The molecule has 1 aliphatic carbocycles. The molecule has 220 valence electrons. The van der Waals surface area contributed by atoms with Gasteiger partial charge in [-0.15, -0.1) is 11.8 Å². The Kier molecular flexibility index (Phi) is 8.61. The van der Waals surface area contributed by atoms with Crippen molar-refractivity contribution in [3.8, 4) is 5.75 Å². The zero-order valence-corrected chi connectivity index (χ0v) is 24.9. The van der Waals surface area contributed by atoms with E-state index in [0.29, 0.717) is 5.56 Å². The minimum absolute atomic E-state index is 0.0195. The van der Waals surface area contributed by atoms with Gasteiger partial charge in [0.2, 0.25) is 5.91 Å². The van der Waals surface area contributed by atoms with E-state index in [0.717, 1.165) is 24.0 Å². The second-order valence-corrected chi connectivity index (χ2v) is 13.1. The molecule has 3 aromatic carbocycles. The molecule has 0 saturated carbocycles. The summed E-state index contributed by atoms with van der Waals surface area (Å²) in [6, 6.07) is 20.1. The number of hydrogen-bond acceptors (Lipinski definition) is 6. The number of carbonyl (C=O) groups is 3. The van der Waals surface area contributed by atoms with Gasteiger partial charge in [-0.05, 0) is 68.9 Å². The van der Waals surface area contributed by atoms with Gasteiger partial charge in [-0.25, -0.2) is 0 Å². The van der Waals surface area contributed by atoms with Gasteiger partial charge in [-0.3, -0.25) is 14.4 Å². The van der Waals surface area contributed by atoms with Crippen LogP contribution in [0.15, 0.2) is 72.8 Å². The van der Waals surface area contributed by atoms with Crippen molar-refractivity contribution in [2.75, 3.05) is 5.88 Å². The van der Waals surface area contributed by atoms with Gasteiger partial charge in [-0.2, -0.15) is 0 Å². The number of aryl methyl sites for hydroxylation is 1. The minimum atomic E-state index is -1.61. The standard InChI is InChI=1S/C33H37N3O5S/c1-20-23(14-9-15-27(20)37)30(39)35-26(18-21-10-5-4-6-11-21)28(38)32(41)36-19-42-33(2,3)29(36)31(40)34-25-17-16-22-12-7-8-13-24(22)25/h4-15,25-26,28-29,37-38H,16-19H2,1-3H3,(H,34,40)(H,35,39)/t25-,26+,28+,29+/m1/s1. The fourth-order valence-corrected chi connectivity index (χ4v) is 7.08. The zero-order valence-electron chi connectivity index (χ0n) is 24.0. The molecule has 9 heteroatoms. The number of hydrogen-bond donors (Lipinski definition) is 4. The van der Waals surface area contributed by atoms with Gasteiger partial charge in [0.25, 0.3) is 11.8 Å². The van der Waals surface area contributed by atoms with Crippen LogP contribution in [0.4, 0.5) is 0 Å². The number of aliphatic hydroxyl groups is 1. The number of aromatic hydroxyl groups is 1. The highest BCUT2D eigenvalue weighted by Crippen LogP contribution is 2.41. The number of thioether (sulfide) groups is 1. The lowest BCUT2D eigenvalue weighted by atomic mass is 9.96. The summed E-state index contributed by atoms with van der Waals surface area (Å²) in [4.78, 5) is 42.5. The molecule has 1 fully saturated rings. The van der Waals surface area contributed by atoms with Crippen LogP contribution in [0.2, 0.25) is 0 Å². The molecule has 0 radical (unpaired) electrons. The summed E-state index contributed by atoms with van der Waals surface area (Å²) in [7, 11) is 0. The van der Waals surface area contributed by atoms with Crippen LogP contribution in [0.1, 0.15) is 58.9 Å². The maximum Gasteiger partial charge on any atom is 0.254 e. The summed E-state index contributed by atoms with van der Waals surface area (Å²) < 4.78 is -0.589. The predicted molar refractivity (Wildman–Crippen MR) is 163 cm³/mol. The molecule has 1 saturated heterocycles. The van der Waals surface area contributed by atoms with Crippen LogP contribution in [0.5, 0.6) is 5.75 Å². The lowest BCUT2D eigenvalue weighted by Gasteiger charge is -2.34. The van der Waals surface area contributed by atoms with Gasteiger partial charge in [-0.1, -0.05) is 60.7 Å². The number of fused-ring (bicyclic) bond motifs is 1. The first-order chi connectivity index (χ1) is 20.1. The third-order valence-electron chi connectivity index (χ3n) is 8.33. The minimum Gasteiger partial charge on any atom is -0.508 e. The van der Waals surface area contributed by atoms with E-state index in [1.165, 1.54) is 28.3 Å². The Labute approximate surface area is 250 Å². The van der Waals surface area contributed by atoms with Crippen LogP contribution < -0.4 is 10.6 Å². The molecule has 8 nitrogen and oxygen atoms in total. The number of phenols is 1. The van der Waals surface area contributed by atoms with E-state index in [9.17, 15) is 24.6 Å². The van der Waals surface area contributed by atoms with E-state index in [4.69, 9.17) is 0 Å². The van der Waals surface area contributed by atoms with Crippen LogP contribution in [-0.4, -0.2) is 61.6 Å². The SMILES string of the molecule is Cc1c(O)cccc1C(=O)N[C@@H](Cc1ccccc1)[C@H](O)C(=O)N1CSC(C)(C)[C@@H]1C(=O)N[C@@H]1CCc2ccccc21. The molecule has 1 aliphatic heterocycles. The largest absolute Gasteiger partial charge is 0.508 e. The van der Waals surface area contributed by atoms with Crippen LogP contribution in [0.3, 0.4) is 0 Å². The van der Waals surface area contributed by atoms with Crippen molar-refractivity contribution >= 4 is 29.5 Å². The number of rotatable bonds is 8. The quantitative estimate of drug-likeness (QED) is 0.318. The van der Waals surface area contributed by atoms with Crippen molar-refractivity contribution in [2.45, 2.75) is 69.0 Å². The normalized spacial score (nSPS) is 20.4. The molecule has 0 aromatic heterocycles. The van der Waals surface area contributed by atoms with Gasteiger partial charge < -0.3 is 25.7 Å². The lowest BCUT2D eigenvalue weighted by Crippen LogP contribution is -2.59. The Morgan fingerprint density at radius 2 is 1.74 bits per heavy atom. The molecule has 1 heterocycles. The monoisotopic (exact) mass is 587 g/mol. The molecule has 2 aliphatic rings. The highest BCUT2D eigenvalue weighted by molar-refractivity contribution is 8.00. The fourth-order valence-electron chi connectivity index (χ4n) is 5.94. The Bertz CT molecular complexity index is 1480. The van der Waals surface area contributed by atoms with E-state index < -0.39 is 34.7 Å². The van der Waals surface area contributed by atoms with Crippen molar-refractivity contribution in [3.05, 3.63) is 101 Å². The summed E-state index contributed by atoms with van der Waals surface area (Å²) in [5, 5.41) is 27.6. The van der Waals surface area contributed by atoms with Crippen LogP contribution in [-0.2, 0) is 22.4 Å². The van der Waals surface area contributed by atoms with Crippen molar-refractivity contribution < 1.29 is 24.6 Å². The van der Waals surface area contributed by atoms with Gasteiger partial charge in [0.15, 0.2) is 6.10 Å². The maximum atomic E-state index is 13.9. The summed E-state index contributed by atoms with van der Waals surface area (Å²) >= 11 is 1.48. The highest BCUT2D eigenvalue weighted by Gasteiger charge is 2.50. The number of carbonyl (C=O) groups excluding carboxylic acids is 3. The second kappa shape index (κ2) is 12.2. The number of amides is 3. The lowest BCUT2D eigenvalue weighted by molar-refractivity contribution is -0.147. The summed E-state index contributed by atoms with van der Waals surface area (Å²) in [6.07, 6.45) is 0.257. The average molecular weight is 588 g/mol. The van der Waals surface area contributed by atoms with Crippen molar-refractivity contribution in [3.63, 3.8) is 0 Å².